The van der Waals surface area contributed by atoms with Gasteiger partial charge in [0.2, 0.25) is 0 Å². The molecular weight excluding hydrogens is 386 g/mol. The summed E-state index contributed by atoms with van der Waals surface area (Å²) in [6.45, 7) is 7.11. The summed E-state index contributed by atoms with van der Waals surface area (Å²) in [7, 11) is 0. The van der Waals surface area contributed by atoms with Gasteiger partial charge < -0.3 is 5.11 Å². The molecule has 1 aromatic heterocycles. The topological polar surface area (TPSA) is 78.9 Å². The van der Waals surface area contributed by atoms with Crippen LogP contribution in [-0.2, 0) is 11.3 Å². The van der Waals surface area contributed by atoms with Crippen LogP contribution in [0.1, 0.15) is 77.8 Å². The highest BCUT2D eigenvalue weighted by Crippen LogP contribution is 2.66. The Morgan fingerprint density at radius 1 is 1.23 bits per heavy atom. The molecule has 4 fully saturated rings. The first-order valence-electron chi connectivity index (χ1n) is 12.4. The van der Waals surface area contributed by atoms with Crippen molar-refractivity contribution in [2.45, 2.75) is 84.3 Å². The van der Waals surface area contributed by atoms with E-state index in [0.717, 1.165) is 43.4 Å². The van der Waals surface area contributed by atoms with Gasteiger partial charge in [-0.05, 0) is 105 Å². The number of ketones is 1. The standard InChI is InChI=1S/C26H37N3O2/c1-16-12-22(23(30)15-29-11-8-18(14-27)28-29)26(3)10-7-20-19-6-9-25(2,31)13-17(19)4-5-21(20)24(16)26/h8,11,16-17,19-22,24,31H,4-7,9-10,12-13,15H2,1-3H3/t16-,17-,19+,20-,21-,22-,24+,25-,26-/m1/s1. The smallest absolute Gasteiger partial charge is 0.162 e. The lowest BCUT2D eigenvalue weighted by molar-refractivity contribution is -0.133. The van der Waals surface area contributed by atoms with Gasteiger partial charge in [-0.3, -0.25) is 9.48 Å². The van der Waals surface area contributed by atoms with Crippen LogP contribution in [0.4, 0.5) is 0 Å². The van der Waals surface area contributed by atoms with Gasteiger partial charge in [-0.2, -0.15) is 10.4 Å². The Hall–Kier alpha value is -1.67. The van der Waals surface area contributed by atoms with Crippen LogP contribution in [-0.4, -0.2) is 26.3 Å². The van der Waals surface area contributed by atoms with Crippen molar-refractivity contribution < 1.29 is 9.90 Å². The molecule has 0 saturated heterocycles. The van der Waals surface area contributed by atoms with Crippen molar-refractivity contribution >= 4 is 5.78 Å². The van der Waals surface area contributed by atoms with Gasteiger partial charge in [-0.1, -0.05) is 13.8 Å². The van der Waals surface area contributed by atoms with Gasteiger partial charge in [0.05, 0.1) is 12.1 Å². The molecule has 5 nitrogen and oxygen atoms in total. The predicted octanol–water partition coefficient (Wildman–Crippen LogP) is 4.59. The monoisotopic (exact) mass is 423 g/mol. The van der Waals surface area contributed by atoms with Crippen LogP contribution in [0.15, 0.2) is 12.3 Å². The van der Waals surface area contributed by atoms with E-state index in [1.165, 1.54) is 25.7 Å². The highest BCUT2D eigenvalue weighted by Gasteiger charge is 2.60. The Bertz CT molecular complexity index is 899. The maximum atomic E-state index is 13.4. The fraction of sp³-hybridized carbons (Fsp3) is 0.808. The Balaban J connectivity index is 1.34. The molecule has 0 amide bonds. The van der Waals surface area contributed by atoms with Crippen molar-refractivity contribution in [2.75, 3.05) is 0 Å². The molecule has 4 aliphatic rings. The quantitative estimate of drug-likeness (QED) is 0.771. The minimum atomic E-state index is -0.465. The third-order valence-electron chi connectivity index (χ3n) is 10.0. The summed E-state index contributed by atoms with van der Waals surface area (Å²) in [5.41, 5.74) is 0.00349. The molecule has 1 heterocycles. The van der Waals surface area contributed by atoms with Gasteiger partial charge in [0, 0.05) is 12.1 Å². The average Bonchev–Trinajstić information content (AvgIpc) is 3.28. The fourth-order valence-electron chi connectivity index (χ4n) is 8.90. The number of rotatable bonds is 3. The molecule has 31 heavy (non-hydrogen) atoms. The van der Waals surface area contributed by atoms with E-state index in [-0.39, 0.29) is 17.9 Å². The second kappa shape index (κ2) is 7.44. The molecule has 9 atom stereocenters. The summed E-state index contributed by atoms with van der Waals surface area (Å²) < 4.78 is 1.65. The molecule has 0 unspecified atom stereocenters. The molecule has 0 aromatic carbocycles. The Morgan fingerprint density at radius 2 is 2.00 bits per heavy atom. The lowest BCUT2D eigenvalue weighted by Gasteiger charge is -2.57. The summed E-state index contributed by atoms with van der Waals surface area (Å²) in [6, 6.07) is 3.73. The van der Waals surface area contributed by atoms with E-state index in [4.69, 9.17) is 5.26 Å². The largest absolute Gasteiger partial charge is 0.390 e. The molecule has 4 saturated carbocycles. The Kier molecular flexibility index (Phi) is 5.09. The van der Waals surface area contributed by atoms with Crippen LogP contribution in [0.2, 0.25) is 0 Å². The number of carbonyl (C=O) groups excluding carboxylic acids is 1. The van der Waals surface area contributed by atoms with Gasteiger partial charge in [-0.15, -0.1) is 0 Å². The van der Waals surface area contributed by atoms with Crippen LogP contribution in [0.3, 0.4) is 0 Å². The van der Waals surface area contributed by atoms with Gasteiger partial charge in [0.15, 0.2) is 11.5 Å². The zero-order valence-corrected chi connectivity index (χ0v) is 19.3. The number of aliphatic hydroxyl groups is 1. The SMILES string of the molecule is C[C@@H]1C[C@H](C(=O)Cn2ccc(C#N)n2)[C@@]2(C)CC[C@H]3[C@@H](CC[C@@H]4C[C@](C)(O)CC[C@@H]43)[C@H]12. The normalized spacial score (nSPS) is 46.5. The van der Waals surface area contributed by atoms with Crippen molar-refractivity contribution in [1.82, 2.24) is 9.78 Å². The highest BCUT2D eigenvalue weighted by molar-refractivity contribution is 5.82. The van der Waals surface area contributed by atoms with Gasteiger partial charge in [0.25, 0.3) is 0 Å². The van der Waals surface area contributed by atoms with Crippen molar-refractivity contribution in [1.29, 1.82) is 5.26 Å². The van der Waals surface area contributed by atoms with E-state index >= 15 is 0 Å². The number of hydrogen-bond acceptors (Lipinski definition) is 4. The summed E-state index contributed by atoms with van der Waals surface area (Å²) in [5.74, 6) is 4.62. The molecule has 0 aliphatic heterocycles. The lowest BCUT2D eigenvalue weighted by atomic mass is 9.48. The van der Waals surface area contributed by atoms with Crippen LogP contribution in [0.5, 0.6) is 0 Å². The van der Waals surface area contributed by atoms with Crippen molar-refractivity contribution in [3.8, 4) is 6.07 Å². The van der Waals surface area contributed by atoms with Gasteiger partial charge >= 0.3 is 0 Å². The number of Topliss-reactive ketones (excluding diaryl/α,β-unsaturated/α-hetero) is 1. The third kappa shape index (κ3) is 3.46. The third-order valence-corrected chi connectivity index (χ3v) is 10.0. The highest BCUT2D eigenvalue weighted by atomic mass is 16.3. The minimum absolute atomic E-state index is 0.0931. The van der Waals surface area contributed by atoms with E-state index in [2.05, 4.69) is 18.9 Å². The van der Waals surface area contributed by atoms with Gasteiger partial charge in [0.1, 0.15) is 6.07 Å². The Morgan fingerprint density at radius 3 is 2.74 bits per heavy atom. The molecular formula is C26H37N3O2. The maximum absolute atomic E-state index is 13.4. The second-order valence-electron chi connectivity index (χ2n) is 11.9. The molecule has 168 valence electrons. The molecule has 0 radical (unpaired) electrons. The van der Waals surface area contributed by atoms with Crippen LogP contribution >= 0.6 is 0 Å². The first-order chi connectivity index (χ1) is 14.7. The molecule has 0 bridgehead atoms. The minimum Gasteiger partial charge on any atom is -0.390 e. The number of carbonyl (C=O) groups is 1. The van der Waals surface area contributed by atoms with E-state index in [1.807, 2.05) is 13.0 Å². The molecule has 5 heteroatoms. The summed E-state index contributed by atoms with van der Waals surface area (Å²) in [6.07, 6.45) is 10.8. The van der Waals surface area contributed by atoms with E-state index in [1.54, 1.807) is 16.9 Å². The molecule has 4 aliphatic carbocycles. The molecule has 0 spiro atoms. The van der Waals surface area contributed by atoms with Crippen LogP contribution in [0.25, 0.3) is 0 Å². The number of nitriles is 1. The number of nitrogens with zero attached hydrogens (tertiary/aromatic N) is 3. The zero-order valence-electron chi connectivity index (χ0n) is 19.3. The maximum Gasteiger partial charge on any atom is 0.162 e. The van der Waals surface area contributed by atoms with Crippen molar-refractivity contribution in [3.63, 3.8) is 0 Å². The summed E-state index contributed by atoms with van der Waals surface area (Å²) in [5, 5.41) is 23.9. The first kappa shape index (κ1) is 21.2. The number of fused-ring (bicyclic) bond motifs is 5. The average molecular weight is 424 g/mol. The number of aromatic nitrogens is 2. The first-order valence-corrected chi connectivity index (χ1v) is 12.4. The van der Waals surface area contributed by atoms with E-state index < -0.39 is 5.60 Å². The predicted molar refractivity (Wildman–Crippen MR) is 118 cm³/mol. The molecule has 5 rings (SSSR count). The number of hydrogen-bond donors (Lipinski definition) is 1. The fourth-order valence-corrected chi connectivity index (χ4v) is 8.90. The summed E-state index contributed by atoms with van der Waals surface area (Å²) in [4.78, 5) is 13.4. The molecule has 1 N–H and O–H groups in total. The lowest BCUT2D eigenvalue weighted by Crippen LogP contribution is -2.51. The second-order valence-corrected chi connectivity index (χ2v) is 11.9. The Labute approximate surface area is 186 Å². The van der Waals surface area contributed by atoms with Gasteiger partial charge in [-0.25, -0.2) is 0 Å². The van der Waals surface area contributed by atoms with E-state index in [9.17, 15) is 9.90 Å². The summed E-state index contributed by atoms with van der Waals surface area (Å²) >= 11 is 0. The van der Waals surface area contributed by atoms with Crippen molar-refractivity contribution in [2.24, 2.45) is 46.8 Å². The zero-order chi connectivity index (χ0) is 22.0. The molecule has 1 aromatic rings. The van der Waals surface area contributed by atoms with Crippen molar-refractivity contribution in [3.05, 3.63) is 18.0 Å². The van der Waals surface area contributed by atoms with Crippen LogP contribution in [0, 0.1) is 58.2 Å². The van der Waals surface area contributed by atoms with E-state index in [0.29, 0.717) is 29.2 Å². The van der Waals surface area contributed by atoms with Crippen LogP contribution < -0.4 is 0 Å².